The molecular weight excluding hydrogens is 331 g/mol. The van der Waals surface area contributed by atoms with Crippen molar-refractivity contribution in [2.75, 3.05) is 5.32 Å². The van der Waals surface area contributed by atoms with Crippen molar-refractivity contribution in [3.63, 3.8) is 0 Å². The molecule has 5 nitrogen and oxygen atoms in total. The highest BCUT2D eigenvalue weighted by molar-refractivity contribution is 6.31. The van der Waals surface area contributed by atoms with Crippen LogP contribution in [0.15, 0.2) is 48.8 Å². The zero-order valence-electron chi connectivity index (χ0n) is 12.8. The molecule has 0 aliphatic carbocycles. The minimum absolute atomic E-state index is 0.00137. The second-order valence-corrected chi connectivity index (χ2v) is 5.59. The molecule has 0 saturated carbocycles. The first-order valence-electron chi connectivity index (χ1n) is 7.22. The van der Waals surface area contributed by atoms with Crippen LogP contribution in [0.25, 0.3) is 0 Å². The van der Waals surface area contributed by atoms with E-state index in [-0.39, 0.29) is 5.56 Å². The van der Waals surface area contributed by atoms with Gasteiger partial charge in [0.1, 0.15) is 18.0 Å². The Morgan fingerprint density at radius 1 is 1.25 bits per heavy atom. The standard InChI is InChI=1S/C17H14ClFN4O/c1-23-16(21-10-22-23)9-20-15-7-6-11(18)8-13(15)17(24)12-4-2-3-5-14(12)19/h2-8,10,20H,9H2,1H3. The largest absolute Gasteiger partial charge is 0.377 e. The van der Waals surface area contributed by atoms with Crippen molar-refractivity contribution in [3.05, 3.63) is 76.6 Å². The smallest absolute Gasteiger partial charge is 0.198 e. The van der Waals surface area contributed by atoms with Gasteiger partial charge in [-0.2, -0.15) is 5.10 Å². The predicted molar refractivity (Wildman–Crippen MR) is 89.6 cm³/mol. The molecule has 0 amide bonds. The van der Waals surface area contributed by atoms with E-state index in [4.69, 9.17) is 11.6 Å². The first kappa shape index (κ1) is 16.1. The zero-order chi connectivity index (χ0) is 17.1. The summed E-state index contributed by atoms with van der Waals surface area (Å²) in [5, 5.41) is 7.52. The maximum Gasteiger partial charge on any atom is 0.198 e. The minimum atomic E-state index is -0.568. The first-order chi connectivity index (χ1) is 11.6. The van der Waals surface area contributed by atoms with Crippen LogP contribution in [0.2, 0.25) is 5.02 Å². The maximum absolute atomic E-state index is 13.9. The average molecular weight is 345 g/mol. The number of carbonyl (C=O) groups is 1. The molecule has 3 rings (SSSR count). The Morgan fingerprint density at radius 3 is 2.75 bits per heavy atom. The number of carbonyl (C=O) groups excluding carboxylic acids is 1. The Hall–Kier alpha value is -2.73. The van der Waals surface area contributed by atoms with Crippen molar-refractivity contribution in [2.24, 2.45) is 7.05 Å². The van der Waals surface area contributed by atoms with Crippen molar-refractivity contribution in [3.8, 4) is 0 Å². The number of nitrogens with one attached hydrogen (secondary N) is 1. The number of aromatic nitrogens is 3. The lowest BCUT2D eigenvalue weighted by atomic mass is 10.0. The third kappa shape index (κ3) is 3.28. The van der Waals surface area contributed by atoms with Crippen molar-refractivity contribution >= 4 is 23.1 Å². The molecule has 3 aromatic rings. The fraction of sp³-hybridized carbons (Fsp3) is 0.118. The second-order valence-electron chi connectivity index (χ2n) is 5.15. The van der Waals surface area contributed by atoms with Gasteiger partial charge in [-0.3, -0.25) is 9.48 Å². The monoisotopic (exact) mass is 344 g/mol. The highest BCUT2D eigenvalue weighted by atomic mass is 35.5. The Kier molecular flexibility index (Phi) is 4.57. The number of hydrogen-bond acceptors (Lipinski definition) is 4. The Balaban J connectivity index is 1.92. The summed E-state index contributed by atoms with van der Waals surface area (Å²) in [4.78, 5) is 16.8. The molecule has 24 heavy (non-hydrogen) atoms. The van der Waals surface area contributed by atoms with Gasteiger partial charge in [-0.15, -0.1) is 0 Å². The summed E-state index contributed by atoms with van der Waals surface area (Å²) in [5.74, 6) is -0.299. The number of anilines is 1. The molecule has 0 saturated heterocycles. The van der Waals surface area contributed by atoms with Crippen LogP contribution in [0.3, 0.4) is 0 Å². The summed E-state index contributed by atoms with van der Waals surface area (Å²) in [5.41, 5.74) is 0.854. The van der Waals surface area contributed by atoms with Crippen LogP contribution in [0.5, 0.6) is 0 Å². The topological polar surface area (TPSA) is 59.8 Å². The number of aryl methyl sites for hydroxylation is 1. The SMILES string of the molecule is Cn1ncnc1CNc1ccc(Cl)cc1C(=O)c1ccccc1F. The van der Waals surface area contributed by atoms with E-state index < -0.39 is 11.6 Å². The third-order valence-electron chi connectivity index (χ3n) is 3.59. The fourth-order valence-corrected chi connectivity index (χ4v) is 2.48. The van der Waals surface area contributed by atoms with Crippen LogP contribution in [-0.4, -0.2) is 20.5 Å². The summed E-state index contributed by atoms with van der Waals surface area (Å²) in [6.45, 7) is 0.371. The van der Waals surface area contributed by atoms with Gasteiger partial charge in [0.15, 0.2) is 5.78 Å². The number of nitrogens with zero attached hydrogens (tertiary/aromatic N) is 3. The van der Waals surface area contributed by atoms with E-state index in [0.29, 0.717) is 28.6 Å². The van der Waals surface area contributed by atoms with Gasteiger partial charge < -0.3 is 5.32 Å². The lowest BCUT2D eigenvalue weighted by Crippen LogP contribution is -2.11. The van der Waals surface area contributed by atoms with E-state index in [1.807, 2.05) is 0 Å². The highest BCUT2D eigenvalue weighted by Crippen LogP contribution is 2.25. The lowest BCUT2D eigenvalue weighted by molar-refractivity contribution is 0.103. The predicted octanol–water partition coefficient (Wildman–Crippen LogP) is 3.45. The number of ketones is 1. The molecule has 0 unspecified atom stereocenters. The van der Waals surface area contributed by atoms with Gasteiger partial charge in [0.2, 0.25) is 0 Å². The summed E-state index contributed by atoms with van der Waals surface area (Å²) in [6, 6.07) is 10.7. The Labute approximate surface area is 143 Å². The van der Waals surface area contributed by atoms with Crippen LogP contribution in [-0.2, 0) is 13.6 Å². The van der Waals surface area contributed by atoms with Crippen LogP contribution >= 0.6 is 11.6 Å². The van der Waals surface area contributed by atoms with Gasteiger partial charge in [0.25, 0.3) is 0 Å². The molecule has 1 aromatic heterocycles. The highest BCUT2D eigenvalue weighted by Gasteiger charge is 2.18. The molecule has 0 spiro atoms. The molecule has 0 aliphatic heterocycles. The van der Waals surface area contributed by atoms with Crippen molar-refractivity contribution in [1.29, 1.82) is 0 Å². The molecule has 0 aliphatic rings. The fourth-order valence-electron chi connectivity index (χ4n) is 2.30. The Bertz CT molecular complexity index is 894. The molecule has 1 N–H and O–H groups in total. The Morgan fingerprint density at radius 2 is 2.04 bits per heavy atom. The quantitative estimate of drug-likeness (QED) is 0.720. The second kappa shape index (κ2) is 6.80. The number of benzene rings is 2. The zero-order valence-corrected chi connectivity index (χ0v) is 13.6. The molecule has 0 radical (unpaired) electrons. The van der Waals surface area contributed by atoms with Crippen molar-refractivity contribution in [2.45, 2.75) is 6.54 Å². The minimum Gasteiger partial charge on any atom is -0.377 e. The lowest BCUT2D eigenvalue weighted by Gasteiger charge is -2.12. The molecule has 0 atom stereocenters. The number of hydrogen-bond donors (Lipinski definition) is 1. The van der Waals surface area contributed by atoms with Crippen molar-refractivity contribution in [1.82, 2.24) is 14.8 Å². The van der Waals surface area contributed by atoms with Crippen molar-refractivity contribution < 1.29 is 9.18 Å². The first-order valence-corrected chi connectivity index (χ1v) is 7.59. The van der Waals surface area contributed by atoms with Gasteiger partial charge >= 0.3 is 0 Å². The molecular formula is C17H14ClFN4O. The number of rotatable bonds is 5. The van der Waals surface area contributed by atoms with E-state index in [9.17, 15) is 9.18 Å². The van der Waals surface area contributed by atoms with Gasteiger partial charge in [-0.1, -0.05) is 23.7 Å². The molecule has 2 aromatic carbocycles. The molecule has 0 bridgehead atoms. The summed E-state index contributed by atoms with van der Waals surface area (Å²) in [6.07, 6.45) is 1.45. The van der Waals surface area contributed by atoms with Crippen LogP contribution < -0.4 is 5.32 Å². The normalized spacial score (nSPS) is 10.6. The van der Waals surface area contributed by atoms with E-state index in [2.05, 4.69) is 15.4 Å². The van der Waals surface area contributed by atoms with Crippen LogP contribution in [0.1, 0.15) is 21.7 Å². The average Bonchev–Trinajstić information content (AvgIpc) is 2.98. The van der Waals surface area contributed by atoms with Crippen LogP contribution in [0, 0.1) is 5.82 Å². The van der Waals surface area contributed by atoms with Gasteiger partial charge in [0.05, 0.1) is 12.1 Å². The summed E-state index contributed by atoms with van der Waals surface area (Å²) >= 11 is 6.01. The molecule has 122 valence electrons. The summed E-state index contributed by atoms with van der Waals surface area (Å²) in [7, 11) is 1.78. The molecule has 7 heteroatoms. The van der Waals surface area contributed by atoms with Crippen LogP contribution in [0.4, 0.5) is 10.1 Å². The van der Waals surface area contributed by atoms with E-state index in [1.165, 1.54) is 30.6 Å². The van der Waals surface area contributed by atoms with Gasteiger partial charge in [-0.25, -0.2) is 9.37 Å². The summed E-state index contributed by atoms with van der Waals surface area (Å²) < 4.78 is 15.6. The van der Waals surface area contributed by atoms with Gasteiger partial charge in [0, 0.05) is 23.3 Å². The van der Waals surface area contributed by atoms with E-state index in [1.54, 1.807) is 29.9 Å². The maximum atomic E-state index is 13.9. The van der Waals surface area contributed by atoms with Gasteiger partial charge in [-0.05, 0) is 30.3 Å². The van der Waals surface area contributed by atoms with E-state index in [0.717, 1.165) is 0 Å². The molecule has 0 fully saturated rings. The third-order valence-corrected chi connectivity index (χ3v) is 3.82. The van der Waals surface area contributed by atoms with E-state index >= 15 is 0 Å². The number of halogens is 2. The molecule has 1 heterocycles.